The standard InChI is InChI=1S/C18H30O4/c1-8-18(11-20-9-14(2)3,12-21-10-15(4)5)13-22-17(19)16(6)7/h2,4,6,8-13H2,1,3,5,7H3. The number of carbonyl (C=O) groups excluding carboxylic acids is 1. The number of rotatable bonds is 12. The number of hydrogen-bond donors (Lipinski definition) is 0. The van der Waals surface area contributed by atoms with Crippen molar-refractivity contribution >= 4 is 5.97 Å². The molecule has 0 atom stereocenters. The van der Waals surface area contributed by atoms with Gasteiger partial charge in [0.05, 0.1) is 31.8 Å². The summed E-state index contributed by atoms with van der Waals surface area (Å²) in [5.74, 6) is -0.391. The van der Waals surface area contributed by atoms with Gasteiger partial charge >= 0.3 is 5.97 Å². The Morgan fingerprint density at radius 3 is 1.68 bits per heavy atom. The molecule has 126 valence electrons. The lowest BCUT2D eigenvalue weighted by atomic mass is 9.88. The summed E-state index contributed by atoms with van der Waals surface area (Å²) in [7, 11) is 0. The van der Waals surface area contributed by atoms with Crippen molar-refractivity contribution in [3.8, 4) is 0 Å². The minimum atomic E-state index is -0.391. The van der Waals surface area contributed by atoms with Gasteiger partial charge in [0.1, 0.15) is 6.61 Å². The number of esters is 1. The van der Waals surface area contributed by atoms with Crippen LogP contribution in [-0.4, -0.2) is 39.0 Å². The number of hydrogen-bond acceptors (Lipinski definition) is 4. The maximum Gasteiger partial charge on any atom is 0.333 e. The Morgan fingerprint density at radius 1 is 0.909 bits per heavy atom. The molecule has 0 aliphatic heterocycles. The van der Waals surface area contributed by atoms with Crippen molar-refractivity contribution < 1.29 is 19.0 Å². The second kappa shape index (κ2) is 10.4. The quantitative estimate of drug-likeness (QED) is 0.313. The lowest BCUT2D eigenvalue weighted by molar-refractivity contribution is -0.146. The molecule has 0 amide bonds. The summed E-state index contributed by atoms with van der Waals surface area (Å²) in [6, 6.07) is 0. The summed E-state index contributed by atoms with van der Waals surface area (Å²) in [4.78, 5) is 11.6. The largest absolute Gasteiger partial charge is 0.462 e. The van der Waals surface area contributed by atoms with E-state index in [4.69, 9.17) is 14.2 Å². The zero-order valence-electron chi connectivity index (χ0n) is 14.5. The molecule has 4 heteroatoms. The van der Waals surface area contributed by atoms with Gasteiger partial charge < -0.3 is 14.2 Å². The topological polar surface area (TPSA) is 44.8 Å². The van der Waals surface area contributed by atoms with Gasteiger partial charge in [-0.2, -0.15) is 0 Å². The van der Waals surface area contributed by atoms with Crippen LogP contribution in [-0.2, 0) is 19.0 Å². The van der Waals surface area contributed by atoms with Crippen molar-refractivity contribution in [2.45, 2.75) is 34.1 Å². The lowest BCUT2D eigenvalue weighted by Crippen LogP contribution is -2.38. The van der Waals surface area contributed by atoms with E-state index in [0.717, 1.165) is 17.6 Å². The second-order valence-electron chi connectivity index (χ2n) is 6.11. The molecule has 0 unspecified atom stereocenters. The zero-order valence-corrected chi connectivity index (χ0v) is 14.5. The summed E-state index contributed by atoms with van der Waals surface area (Å²) < 4.78 is 16.7. The molecule has 0 aromatic heterocycles. The van der Waals surface area contributed by atoms with Crippen molar-refractivity contribution in [3.05, 3.63) is 36.5 Å². The molecule has 0 bridgehead atoms. The Labute approximate surface area is 134 Å². The predicted molar refractivity (Wildman–Crippen MR) is 89.8 cm³/mol. The van der Waals surface area contributed by atoms with Gasteiger partial charge in [0, 0.05) is 5.57 Å². The van der Waals surface area contributed by atoms with Crippen molar-refractivity contribution in [1.29, 1.82) is 0 Å². The van der Waals surface area contributed by atoms with E-state index in [1.807, 2.05) is 20.8 Å². The van der Waals surface area contributed by atoms with E-state index < -0.39 is 5.97 Å². The SMILES string of the molecule is C=C(C)COCC(CC)(COCC(=C)C)COC(=O)C(=C)C. The van der Waals surface area contributed by atoms with Crippen molar-refractivity contribution in [2.75, 3.05) is 33.0 Å². The molecule has 0 heterocycles. The van der Waals surface area contributed by atoms with Crippen LogP contribution in [0.3, 0.4) is 0 Å². The molecule has 0 saturated carbocycles. The number of ether oxygens (including phenoxy) is 3. The molecule has 0 aromatic rings. The van der Waals surface area contributed by atoms with Crippen LogP contribution in [0, 0.1) is 5.41 Å². The lowest BCUT2D eigenvalue weighted by Gasteiger charge is -2.32. The second-order valence-corrected chi connectivity index (χ2v) is 6.11. The van der Waals surface area contributed by atoms with Gasteiger partial charge in [-0.05, 0) is 27.2 Å². The van der Waals surface area contributed by atoms with Crippen molar-refractivity contribution in [2.24, 2.45) is 5.41 Å². The highest BCUT2D eigenvalue weighted by Crippen LogP contribution is 2.25. The van der Waals surface area contributed by atoms with Gasteiger partial charge in [-0.1, -0.05) is 37.8 Å². The summed E-state index contributed by atoms with van der Waals surface area (Å²) in [6.45, 7) is 20.8. The van der Waals surface area contributed by atoms with Gasteiger partial charge in [-0.25, -0.2) is 4.79 Å². The average molecular weight is 310 g/mol. The van der Waals surface area contributed by atoms with Crippen LogP contribution >= 0.6 is 0 Å². The Bertz CT molecular complexity index is 389. The van der Waals surface area contributed by atoms with Gasteiger partial charge in [-0.15, -0.1) is 0 Å². The molecule has 22 heavy (non-hydrogen) atoms. The summed E-state index contributed by atoms with van der Waals surface area (Å²) >= 11 is 0. The van der Waals surface area contributed by atoms with E-state index in [1.54, 1.807) is 6.92 Å². The van der Waals surface area contributed by atoms with E-state index in [-0.39, 0.29) is 12.0 Å². The van der Waals surface area contributed by atoms with Crippen LogP contribution in [0.5, 0.6) is 0 Å². The normalized spacial score (nSPS) is 11.1. The molecule has 0 aromatic carbocycles. The first-order valence-corrected chi connectivity index (χ1v) is 7.49. The highest BCUT2D eigenvalue weighted by Gasteiger charge is 2.31. The third kappa shape index (κ3) is 8.80. The average Bonchev–Trinajstić information content (AvgIpc) is 2.42. The summed E-state index contributed by atoms with van der Waals surface area (Å²) in [5, 5.41) is 0. The van der Waals surface area contributed by atoms with Gasteiger partial charge in [-0.3, -0.25) is 0 Å². The fourth-order valence-electron chi connectivity index (χ4n) is 1.66. The van der Waals surface area contributed by atoms with E-state index >= 15 is 0 Å². The van der Waals surface area contributed by atoms with Crippen LogP contribution in [0.1, 0.15) is 34.1 Å². The predicted octanol–water partition coefficient (Wildman–Crippen LogP) is 3.69. The molecule has 0 N–H and O–H groups in total. The molecule has 0 aliphatic rings. The zero-order chi connectivity index (χ0) is 17.2. The highest BCUT2D eigenvalue weighted by atomic mass is 16.5. The monoisotopic (exact) mass is 310 g/mol. The Balaban J connectivity index is 4.73. The molecular weight excluding hydrogens is 280 g/mol. The van der Waals surface area contributed by atoms with Crippen LogP contribution in [0.15, 0.2) is 36.5 Å². The summed E-state index contributed by atoms with van der Waals surface area (Å²) in [6.07, 6.45) is 0.767. The maximum atomic E-state index is 11.6. The van der Waals surface area contributed by atoms with Crippen LogP contribution in [0.2, 0.25) is 0 Å². The molecule has 0 spiro atoms. The van der Waals surface area contributed by atoms with Gasteiger partial charge in [0.25, 0.3) is 0 Å². The minimum Gasteiger partial charge on any atom is -0.462 e. The van der Waals surface area contributed by atoms with E-state index in [0.29, 0.717) is 32.0 Å². The van der Waals surface area contributed by atoms with Crippen molar-refractivity contribution in [3.63, 3.8) is 0 Å². The van der Waals surface area contributed by atoms with Gasteiger partial charge in [0.2, 0.25) is 0 Å². The maximum absolute atomic E-state index is 11.6. The molecule has 0 aliphatic carbocycles. The van der Waals surface area contributed by atoms with Crippen molar-refractivity contribution in [1.82, 2.24) is 0 Å². The van der Waals surface area contributed by atoms with E-state index in [2.05, 4.69) is 19.7 Å². The highest BCUT2D eigenvalue weighted by molar-refractivity contribution is 5.86. The Morgan fingerprint density at radius 2 is 1.36 bits per heavy atom. The summed E-state index contributed by atoms with van der Waals surface area (Å²) in [5.41, 5.74) is 1.91. The Hall–Kier alpha value is -1.39. The Kier molecular flexibility index (Phi) is 9.70. The van der Waals surface area contributed by atoms with Crippen LogP contribution < -0.4 is 0 Å². The first kappa shape index (κ1) is 20.6. The van der Waals surface area contributed by atoms with Crippen LogP contribution in [0.25, 0.3) is 0 Å². The van der Waals surface area contributed by atoms with Crippen LogP contribution in [0.4, 0.5) is 0 Å². The first-order valence-electron chi connectivity index (χ1n) is 7.49. The van der Waals surface area contributed by atoms with E-state index in [9.17, 15) is 4.79 Å². The number of carbonyl (C=O) groups is 1. The smallest absolute Gasteiger partial charge is 0.333 e. The fourth-order valence-corrected chi connectivity index (χ4v) is 1.66. The molecule has 0 fully saturated rings. The van der Waals surface area contributed by atoms with E-state index in [1.165, 1.54) is 0 Å². The molecule has 0 radical (unpaired) electrons. The molecular formula is C18H30O4. The van der Waals surface area contributed by atoms with Gasteiger partial charge in [0.15, 0.2) is 0 Å². The molecule has 0 rings (SSSR count). The third-order valence-electron chi connectivity index (χ3n) is 3.12. The molecule has 4 nitrogen and oxygen atoms in total. The molecule has 0 saturated heterocycles. The minimum absolute atomic E-state index is 0.238. The third-order valence-corrected chi connectivity index (χ3v) is 3.12. The fraction of sp³-hybridized carbons (Fsp3) is 0.611. The first-order chi connectivity index (χ1) is 10.2.